The van der Waals surface area contributed by atoms with Crippen LogP contribution in [0.15, 0.2) is 27.1 Å². The average molecular weight is 423 g/mol. The van der Waals surface area contributed by atoms with Crippen molar-refractivity contribution in [3.05, 3.63) is 50.1 Å². The summed E-state index contributed by atoms with van der Waals surface area (Å²) in [5.41, 5.74) is 1.63. The Hall–Kier alpha value is -1.93. The molecule has 0 atom stereocenters. The molecule has 1 aliphatic rings. The first-order valence-electron chi connectivity index (χ1n) is 8.75. The smallest absolute Gasteiger partial charge is 0.292 e. The van der Waals surface area contributed by atoms with Gasteiger partial charge in [-0.25, -0.2) is 4.98 Å². The molecule has 8 heteroatoms. The molecule has 0 saturated carbocycles. The number of nitro benzene ring substituents is 1. The number of hydrogen-bond acceptors (Lipinski definition) is 6. The molecular formula is C18H23BrN4O3. The van der Waals surface area contributed by atoms with Crippen LogP contribution in [-0.2, 0) is 6.54 Å². The molecule has 0 aliphatic carbocycles. The number of halogens is 1. The van der Waals surface area contributed by atoms with Gasteiger partial charge in [-0.15, -0.1) is 0 Å². The summed E-state index contributed by atoms with van der Waals surface area (Å²) in [5.74, 6) is 2.16. The molecule has 3 rings (SSSR count). The van der Waals surface area contributed by atoms with Crippen LogP contribution in [0.5, 0.6) is 0 Å². The molecule has 0 spiro atoms. The first-order chi connectivity index (χ1) is 12.4. The molecule has 140 valence electrons. The molecule has 1 saturated heterocycles. The largest absolute Gasteiger partial charge is 0.444 e. The van der Waals surface area contributed by atoms with Gasteiger partial charge >= 0.3 is 0 Å². The summed E-state index contributed by atoms with van der Waals surface area (Å²) in [5, 5.41) is 14.4. The number of aromatic nitrogens is 1. The van der Waals surface area contributed by atoms with Crippen LogP contribution in [0.1, 0.15) is 30.2 Å². The fraction of sp³-hybridized carbons (Fsp3) is 0.500. The number of rotatable bonds is 6. The first-order valence-corrected chi connectivity index (χ1v) is 9.54. The second-order valence-electron chi connectivity index (χ2n) is 6.77. The van der Waals surface area contributed by atoms with Crippen LogP contribution in [0, 0.1) is 29.9 Å². The Morgan fingerprint density at radius 2 is 2.12 bits per heavy atom. The van der Waals surface area contributed by atoms with Crippen molar-refractivity contribution in [3.63, 3.8) is 0 Å². The molecule has 7 nitrogen and oxygen atoms in total. The fourth-order valence-electron chi connectivity index (χ4n) is 3.21. The lowest BCUT2D eigenvalue weighted by Gasteiger charge is -2.31. The predicted molar refractivity (Wildman–Crippen MR) is 103 cm³/mol. The Morgan fingerprint density at radius 1 is 1.38 bits per heavy atom. The van der Waals surface area contributed by atoms with Crippen LogP contribution in [0.4, 0.5) is 11.4 Å². The minimum atomic E-state index is -0.349. The lowest BCUT2D eigenvalue weighted by Crippen LogP contribution is -2.35. The first kappa shape index (κ1) is 18.8. The van der Waals surface area contributed by atoms with E-state index in [4.69, 9.17) is 4.42 Å². The standard InChI is InChI=1S/C18H23BrN4O3/c1-12-13(2)26-18(21-12)11-22-7-5-14(6-8-22)10-20-16-9-15(19)3-4-17(16)23(24)25/h3-4,9,14,20H,5-8,10-11H2,1-2H3. The van der Waals surface area contributed by atoms with E-state index in [9.17, 15) is 10.1 Å². The molecule has 26 heavy (non-hydrogen) atoms. The van der Waals surface area contributed by atoms with Gasteiger partial charge in [0, 0.05) is 17.1 Å². The third-order valence-electron chi connectivity index (χ3n) is 4.88. The molecule has 2 aromatic rings. The van der Waals surface area contributed by atoms with Gasteiger partial charge < -0.3 is 9.73 Å². The number of aryl methyl sites for hydroxylation is 2. The number of nitro groups is 1. The highest BCUT2D eigenvalue weighted by Gasteiger charge is 2.22. The Balaban J connectivity index is 1.50. The molecule has 1 N–H and O–H groups in total. The fourth-order valence-corrected chi connectivity index (χ4v) is 3.57. The Morgan fingerprint density at radius 3 is 2.73 bits per heavy atom. The van der Waals surface area contributed by atoms with Gasteiger partial charge in [0.05, 0.1) is 17.2 Å². The quantitative estimate of drug-likeness (QED) is 0.551. The summed E-state index contributed by atoms with van der Waals surface area (Å²) in [4.78, 5) is 17.6. The van der Waals surface area contributed by atoms with Crippen LogP contribution in [0.25, 0.3) is 0 Å². The van der Waals surface area contributed by atoms with E-state index in [1.54, 1.807) is 12.1 Å². The third kappa shape index (κ3) is 4.62. The monoisotopic (exact) mass is 422 g/mol. The van der Waals surface area contributed by atoms with E-state index < -0.39 is 0 Å². The molecule has 2 heterocycles. The van der Waals surface area contributed by atoms with Crippen molar-refractivity contribution < 1.29 is 9.34 Å². The number of hydrogen-bond donors (Lipinski definition) is 1. The molecular weight excluding hydrogens is 400 g/mol. The minimum absolute atomic E-state index is 0.111. The molecule has 0 bridgehead atoms. The number of benzene rings is 1. The number of nitrogens with one attached hydrogen (secondary N) is 1. The van der Waals surface area contributed by atoms with Crippen LogP contribution < -0.4 is 5.32 Å². The summed E-state index contributed by atoms with van der Waals surface area (Å²) < 4.78 is 6.49. The topological polar surface area (TPSA) is 84.4 Å². The van der Waals surface area contributed by atoms with Gasteiger partial charge in [-0.2, -0.15) is 0 Å². The lowest BCUT2D eigenvalue weighted by atomic mass is 9.96. The van der Waals surface area contributed by atoms with Crippen molar-refractivity contribution in [3.8, 4) is 0 Å². The van der Waals surface area contributed by atoms with Crippen molar-refractivity contribution in [2.45, 2.75) is 33.2 Å². The molecule has 1 aromatic carbocycles. The zero-order valence-corrected chi connectivity index (χ0v) is 16.6. The van der Waals surface area contributed by atoms with Crippen molar-refractivity contribution in [2.24, 2.45) is 5.92 Å². The van der Waals surface area contributed by atoms with E-state index >= 15 is 0 Å². The number of anilines is 1. The van der Waals surface area contributed by atoms with Gasteiger partial charge in [-0.3, -0.25) is 15.0 Å². The van der Waals surface area contributed by atoms with E-state index in [1.807, 2.05) is 13.8 Å². The van der Waals surface area contributed by atoms with Crippen LogP contribution in [0.3, 0.4) is 0 Å². The summed E-state index contributed by atoms with van der Waals surface area (Å²) >= 11 is 3.37. The predicted octanol–water partition coefficient (Wildman–Crippen LogP) is 4.29. The van der Waals surface area contributed by atoms with E-state index in [0.29, 0.717) is 11.6 Å². The van der Waals surface area contributed by atoms with Crippen LogP contribution in [0.2, 0.25) is 0 Å². The maximum absolute atomic E-state index is 11.2. The number of piperidine rings is 1. The van der Waals surface area contributed by atoms with Crippen molar-refractivity contribution in [2.75, 3.05) is 25.0 Å². The van der Waals surface area contributed by atoms with Gasteiger partial charge in [-0.05, 0) is 57.8 Å². The summed E-state index contributed by atoms with van der Waals surface area (Å²) in [6.07, 6.45) is 2.10. The highest BCUT2D eigenvalue weighted by atomic mass is 79.9. The van der Waals surface area contributed by atoms with Crippen LogP contribution in [-0.4, -0.2) is 34.4 Å². The minimum Gasteiger partial charge on any atom is -0.444 e. The molecule has 1 aromatic heterocycles. The molecule has 0 unspecified atom stereocenters. The summed E-state index contributed by atoms with van der Waals surface area (Å²) in [6.45, 7) is 7.33. The highest BCUT2D eigenvalue weighted by Crippen LogP contribution is 2.29. The number of oxazole rings is 1. The Labute approximate surface area is 161 Å². The molecule has 1 fully saturated rings. The second kappa shape index (κ2) is 8.18. The van der Waals surface area contributed by atoms with Crippen molar-refractivity contribution >= 4 is 27.3 Å². The molecule has 0 radical (unpaired) electrons. The van der Waals surface area contributed by atoms with Gasteiger partial charge in [0.1, 0.15) is 11.4 Å². The summed E-state index contributed by atoms with van der Waals surface area (Å²) in [6, 6.07) is 4.98. The van der Waals surface area contributed by atoms with E-state index in [0.717, 1.165) is 60.8 Å². The van der Waals surface area contributed by atoms with Crippen molar-refractivity contribution in [1.29, 1.82) is 0 Å². The lowest BCUT2D eigenvalue weighted by molar-refractivity contribution is -0.384. The van der Waals surface area contributed by atoms with Crippen molar-refractivity contribution in [1.82, 2.24) is 9.88 Å². The Kier molecular flexibility index (Phi) is 5.93. The third-order valence-corrected chi connectivity index (χ3v) is 5.37. The molecule has 1 aliphatic heterocycles. The van der Waals surface area contributed by atoms with Gasteiger partial charge in [-0.1, -0.05) is 15.9 Å². The van der Waals surface area contributed by atoms with E-state index in [1.165, 1.54) is 6.07 Å². The van der Waals surface area contributed by atoms with E-state index in [-0.39, 0.29) is 10.6 Å². The van der Waals surface area contributed by atoms with Crippen LogP contribution >= 0.6 is 15.9 Å². The second-order valence-corrected chi connectivity index (χ2v) is 7.68. The van der Waals surface area contributed by atoms with Gasteiger partial charge in [0.15, 0.2) is 0 Å². The maximum atomic E-state index is 11.2. The van der Waals surface area contributed by atoms with E-state index in [2.05, 4.69) is 31.1 Å². The van der Waals surface area contributed by atoms with Gasteiger partial charge in [0.2, 0.25) is 5.89 Å². The maximum Gasteiger partial charge on any atom is 0.292 e. The zero-order valence-electron chi connectivity index (χ0n) is 15.0. The Bertz CT molecular complexity index is 765. The van der Waals surface area contributed by atoms with Gasteiger partial charge in [0.25, 0.3) is 5.69 Å². The summed E-state index contributed by atoms with van der Waals surface area (Å²) in [7, 11) is 0. The highest BCUT2D eigenvalue weighted by molar-refractivity contribution is 9.10. The normalized spacial score (nSPS) is 16.0. The number of likely N-dealkylation sites (tertiary alicyclic amines) is 1. The molecule has 0 amide bonds. The average Bonchev–Trinajstić information content (AvgIpc) is 2.91. The zero-order chi connectivity index (χ0) is 18.7. The number of nitrogens with zero attached hydrogens (tertiary/aromatic N) is 3. The SMILES string of the molecule is Cc1nc(CN2CCC(CNc3cc(Br)ccc3[N+](=O)[O-])CC2)oc1C.